The van der Waals surface area contributed by atoms with Crippen LogP contribution in [0.15, 0.2) is 0 Å². The van der Waals surface area contributed by atoms with Gasteiger partial charge in [-0.2, -0.15) is 0 Å². The van der Waals surface area contributed by atoms with Crippen LogP contribution in [0.5, 0.6) is 0 Å². The molecule has 0 spiro atoms. The van der Waals surface area contributed by atoms with Gasteiger partial charge in [-0.25, -0.2) is 9.59 Å². The van der Waals surface area contributed by atoms with Crippen molar-refractivity contribution in [2.75, 3.05) is 13.7 Å². The number of hydrogen-bond acceptors (Lipinski definition) is 6. The van der Waals surface area contributed by atoms with Crippen molar-refractivity contribution in [2.24, 2.45) is 0 Å². The van der Waals surface area contributed by atoms with E-state index in [0.29, 0.717) is 13.0 Å². The van der Waals surface area contributed by atoms with E-state index >= 15 is 0 Å². The van der Waals surface area contributed by atoms with Crippen LogP contribution < -0.4 is 0 Å². The lowest BCUT2D eigenvalue weighted by molar-refractivity contribution is -0.145. The Kier molecular flexibility index (Phi) is 5.18. The molecule has 0 aromatic heterocycles. The molecule has 2 heterocycles. The van der Waals surface area contributed by atoms with E-state index in [0.717, 1.165) is 0 Å². The van der Waals surface area contributed by atoms with Crippen molar-refractivity contribution in [3.63, 3.8) is 0 Å². The van der Waals surface area contributed by atoms with Crippen LogP contribution in [0.4, 0.5) is 4.79 Å². The first-order valence-corrected chi connectivity index (χ1v) is 8.70. The third-order valence-electron chi connectivity index (χ3n) is 5.09. The molecule has 0 aliphatic carbocycles. The summed E-state index contributed by atoms with van der Waals surface area (Å²) in [7, 11) is 0.835. The second kappa shape index (κ2) is 6.47. The minimum atomic E-state index is -0.691. The molecule has 2 fully saturated rings. The van der Waals surface area contributed by atoms with E-state index in [2.05, 4.69) is 0 Å². The van der Waals surface area contributed by atoms with Crippen molar-refractivity contribution in [2.45, 2.75) is 83.5 Å². The van der Waals surface area contributed by atoms with Crippen molar-refractivity contribution < 1.29 is 28.4 Å². The molecule has 7 nitrogen and oxygen atoms in total. The topological polar surface area (TPSA) is 74.3 Å². The number of methoxy groups -OCH3 is 1. The third-order valence-corrected chi connectivity index (χ3v) is 5.09. The van der Waals surface area contributed by atoms with E-state index < -0.39 is 42.0 Å². The zero-order chi connectivity index (χ0) is 19.2. The molecule has 0 aromatic carbocycles. The number of likely N-dealkylation sites (tertiary alicyclic amines) is 1. The monoisotopic (exact) mass is 355 g/mol. The van der Waals surface area contributed by atoms with E-state index in [1.54, 1.807) is 20.8 Å². The van der Waals surface area contributed by atoms with Gasteiger partial charge < -0.3 is 18.8 Å². The van der Waals surface area contributed by atoms with Crippen LogP contribution in [-0.4, -0.2) is 60.6 Å². The van der Waals surface area contributed by atoms with Gasteiger partial charge in [0.05, 0.1) is 18.3 Å². The van der Waals surface area contributed by atoms with E-state index in [1.165, 1.54) is 12.0 Å². The fraction of sp³-hybridized carbons (Fsp3) is 0.882. The molecule has 2 atom stereocenters. The van der Waals surface area contributed by atoms with Gasteiger partial charge in [-0.3, -0.25) is 4.90 Å². The van der Waals surface area contributed by atoms with Crippen LogP contribution in [0, 0.1) is 0 Å². The molecule has 142 valence electrons. The molecule has 0 N–H and O–H groups in total. The second-order valence-corrected chi connectivity index (χ2v) is 8.79. The summed E-state index contributed by atoms with van der Waals surface area (Å²) in [6, 6.07) is -0.691. The van der Waals surface area contributed by atoms with Crippen LogP contribution in [0.25, 0.3) is 0 Å². The number of esters is 1. The Morgan fingerprint density at radius 2 is 1.64 bits per heavy atom. The number of carbonyl (C=O) groups is 2. The summed E-state index contributed by atoms with van der Waals surface area (Å²) in [4.78, 5) is 26.1. The average Bonchev–Trinajstić information content (AvgIpc) is 2.96. The number of rotatable bonds is 2. The third kappa shape index (κ3) is 4.11. The van der Waals surface area contributed by atoms with E-state index in [1.807, 2.05) is 27.7 Å². The van der Waals surface area contributed by atoms with Gasteiger partial charge in [0, 0.05) is 12.4 Å². The quantitative estimate of drug-likeness (QED) is 0.560. The predicted octanol–water partition coefficient (Wildman–Crippen LogP) is 2.63. The smallest absolute Gasteiger partial charge is 0.463 e. The van der Waals surface area contributed by atoms with Gasteiger partial charge in [0.15, 0.2) is 0 Å². The summed E-state index contributed by atoms with van der Waals surface area (Å²) < 4.78 is 22.5. The molecule has 25 heavy (non-hydrogen) atoms. The van der Waals surface area contributed by atoms with E-state index in [9.17, 15) is 9.59 Å². The van der Waals surface area contributed by atoms with Crippen molar-refractivity contribution in [1.82, 2.24) is 4.90 Å². The summed E-state index contributed by atoms with van der Waals surface area (Å²) in [5.74, 6) is -0.581. The van der Waals surface area contributed by atoms with Crippen LogP contribution in [0.1, 0.15) is 54.9 Å². The first-order valence-electron chi connectivity index (χ1n) is 8.70. The van der Waals surface area contributed by atoms with Crippen molar-refractivity contribution in [1.29, 1.82) is 0 Å². The number of carbonyl (C=O) groups excluding carboxylic acids is 2. The lowest BCUT2D eigenvalue weighted by atomic mass is 9.70. The van der Waals surface area contributed by atoms with Crippen molar-refractivity contribution in [3.05, 3.63) is 0 Å². The van der Waals surface area contributed by atoms with E-state index in [4.69, 9.17) is 18.8 Å². The Hall–Kier alpha value is -1.28. The molecule has 0 radical (unpaired) electrons. The van der Waals surface area contributed by atoms with Gasteiger partial charge in [-0.15, -0.1) is 0 Å². The second-order valence-electron chi connectivity index (χ2n) is 8.79. The van der Waals surface area contributed by atoms with Gasteiger partial charge in [-0.05, 0) is 54.9 Å². The lowest BCUT2D eigenvalue weighted by Crippen LogP contribution is -2.44. The normalized spacial score (nSPS) is 28.2. The highest BCUT2D eigenvalue weighted by atomic mass is 16.7. The SMILES string of the molecule is COC(=O)C1CC(B2OC(C)(C)C(C)(C)O2)CN1C(=O)OC(C)(C)C. The minimum Gasteiger partial charge on any atom is -0.467 e. The standard InChI is InChI=1S/C17H30BNO6/c1-15(2,3)23-14(21)19-10-11(9-12(19)13(20)22-8)18-24-16(4,5)17(6,7)25-18/h11-12H,9-10H2,1-8H3. The molecule has 2 unspecified atom stereocenters. The Morgan fingerprint density at radius 1 is 1.12 bits per heavy atom. The Balaban J connectivity index is 2.16. The Labute approximate surface area is 150 Å². The minimum absolute atomic E-state index is 0.127. The first kappa shape index (κ1) is 20.0. The number of amides is 1. The fourth-order valence-corrected chi connectivity index (χ4v) is 3.03. The molecular weight excluding hydrogens is 325 g/mol. The Morgan fingerprint density at radius 3 is 2.08 bits per heavy atom. The summed E-state index contributed by atoms with van der Waals surface area (Å²) in [6.07, 6.45) is -0.107. The van der Waals surface area contributed by atoms with Crippen molar-refractivity contribution in [3.8, 4) is 0 Å². The summed E-state index contributed by atoms with van der Waals surface area (Å²) in [5, 5.41) is 0. The average molecular weight is 355 g/mol. The van der Waals surface area contributed by atoms with E-state index in [-0.39, 0.29) is 5.82 Å². The number of ether oxygens (including phenoxy) is 2. The Bertz CT molecular complexity index is 526. The molecule has 1 amide bonds. The molecular formula is C17H30BNO6. The zero-order valence-electron chi connectivity index (χ0n) is 16.5. The van der Waals surface area contributed by atoms with Crippen LogP contribution in [0.3, 0.4) is 0 Å². The van der Waals surface area contributed by atoms with Gasteiger partial charge in [-0.1, -0.05) is 0 Å². The fourth-order valence-electron chi connectivity index (χ4n) is 3.03. The predicted molar refractivity (Wildman–Crippen MR) is 93.2 cm³/mol. The maximum absolute atomic E-state index is 12.5. The molecule has 2 saturated heterocycles. The molecule has 2 aliphatic heterocycles. The van der Waals surface area contributed by atoms with Gasteiger partial charge in [0.25, 0.3) is 0 Å². The molecule has 8 heteroatoms. The molecule has 0 aromatic rings. The lowest BCUT2D eigenvalue weighted by Gasteiger charge is -2.32. The van der Waals surface area contributed by atoms with Crippen LogP contribution in [0.2, 0.25) is 5.82 Å². The first-order chi connectivity index (χ1) is 11.3. The maximum Gasteiger partial charge on any atom is 0.463 e. The number of nitrogens with zero attached hydrogens (tertiary/aromatic N) is 1. The van der Waals surface area contributed by atoms with Crippen LogP contribution in [-0.2, 0) is 23.6 Å². The van der Waals surface area contributed by atoms with Crippen molar-refractivity contribution >= 4 is 19.2 Å². The highest BCUT2D eigenvalue weighted by Gasteiger charge is 2.57. The molecule has 2 aliphatic rings. The highest BCUT2D eigenvalue weighted by molar-refractivity contribution is 6.47. The molecule has 0 bridgehead atoms. The van der Waals surface area contributed by atoms with Crippen LogP contribution >= 0.6 is 0 Å². The summed E-state index contributed by atoms with van der Waals surface area (Å²) in [5.41, 5.74) is -1.56. The summed E-state index contributed by atoms with van der Waals surface area (Å²) >= 11 is 0. The maximum atomic E-state index is 12.5. The summed E-state index contributed by atoms with van der Waals surface area (Å²) in [6.45, 7) is 13.6. The molecule has 0 saturated carbocycles. The number of hydrogen-bond donors (Lipinski definition) is 0. The molecule has 2 rings (SSSR count). The van der Waals surface area contributed by atoms with Gasteiger partial charge >= 0.3 is 19.2 Å². The van der Waals surface area contributed by atoms with Gasteiger partial charge in [0.1, 0.15) is 11.6 Å². The highest BCUT2D eigenvalue weighted by Crippen LogP contribution is 2.43. The van der Waals surface area contributed by atoms with Gasteiger partial charge in [0.2, 0.25) is 0 Å². The largest absolute Gasteiger partial charge is 0.467 e. The zero-order valence-corrected chi connectivity index (χ0v) is 16.5.